The number of hydrogen-bond donors (Lipinski definition) is 1. The van der Waals surface area contributed by atoms with Crippen molar-refractivity contribution in [2.24, 2.45) is 0 Å². The third-order valence-electron chi connectivity index (χ3n) is 3.92. The summed E-state index contributed by atoms with van der Waals surface area (Å²) in [4.78, 5) is 7.78. The monoisotopic (exact) mass is 318 g/mol. The zero-order chi connectivity index (χ0) is 16.5. The summed E-state index contributed by atoms with van der Waals surface area (Å²) in [6.07, 6.45) is 7.38. The normalized spacial score (nSPS) is 11.3. The predicted octanol–water partition coefficient (Wildman–Crippen LogP) is 5.28. The highest BCUT2D eigenvalue weighted by Crippen LogP contribution is 2.34. The van der Waals surface area contributed by atoms with Crippen molar-refractivity contribution < 1.29 is 9.15 Å². The van der Waals surface area contributed by atoms with Crippen LogP contribution in [0, 0.1) is 0 Å². The van der Waals surface area contributed by atoms with Gasteiger partial charge in [-0.25, -0.2) is 4.98 Å². The van der Waals surface area contributed by atoms with Crippen LogP contribution in [0.2, 0.25) is 0 Å². The number of aromatic amines is 1. The van der Waals surface area contributed by atoms with E-state index in [2.05, 4.69) is 22.1 Å². The maximum atomic E-state index is 5.95. The van der Waals surface area contributed by atoms with Crippen LogP contribution in [0.5, 0.6) is 5.75 Å². The average Bonchev–Trinajstić information content (AvgIpc) is 3.23. The predicted molar refractivity (Wildman–Crippen MR) is 95.0 cm³/mol. The van der Waals surface area contributed by atoms with Gasteiger partial charge in [0.25, 0.3) is 0 Å². The molecule has 0 radical (unpaired) electrons. The summed E-state index contributed by atoms with van der Waals surface area (Å²) >= 11 is 0. The number of rotatable bonds is 4. The summed E-state index contributed by atoms with van der Waals surface area (Å²) in [5, 5.41) is 1.06. The highest BCUT2D eigenvalue weighted by molar-refractivity contribution is 5.95. The van der Waals surface area contributed by atoms with Crippen LogP contribution in [0.25, 0.3) is 33.3 Å². The van der Waals surface area contributed by atoms with Crippen LogP contribution in [0.3, 0.4) is 0 Å². The zero-order valence-electron chi connectivity index (χ0n) is 13.6. The Balaban J connectivity index is 1.85. The largest absolute Gasteiger partial charge is 0.490 e. The highest BCUT2D eigenvalue weighted by Gasteiger charge is 2.12. The first kappa shape index (κ1) is 14.6. The van der Waals surface area contributed by atoms with E-state index in [1.165, 1.54) is 0 Å². The number of fused-ring (bicyclic) bond motifs is 1. The molecule has 3 heterocycles. The smallest absolute Gasteiger partial charge is 0.137 e. The lowest BCUT2D eigenvalue weighted by molar-refractivity contribution is 0.243. The first-order chi connectivity index (χ1) is 11.7. The third kappa shape index (κ3) is 2.56. The molecule has 1 aromatic carbocycles. The van der Waals surface area contributed by atoms with Gasteiger partial charge in [-0.05, 0) is 32.0 Å². The number of ether oxygens (including phenoxy) is 1. The van der Waals surface area contributed by atoms with E-state index in [0.717, 1.165) is 39.0 Å². The molecule has 0 unspecified atom stereocenters. The molecule has 0 fully saturated rings. The van der Waals surface area contributed by atoms with Crippen molar-refractivity contribution >= 4 is 11.0 Å². The van der Waals surface area contributed by atoms with Crippen molar-refractivity contribution in [2.45, 2.75) is 20.0 Å². The quantitative estimate of drug-likeness (QED) is 0.557. The van der Waals surface area contributed by atoms with E-state index in [4.69, 9.17) is 9.15 Å². The lowest BCUT2D eigenvalue weighted by atomic mass is 10.0. The minimum atomic E-state index is 0.122. The number of nitrogens with one attached hydrogen (secondary N) is 1. The van der Waals surface area contributed by atoms with Gasteiger partial charge in [-0.1, -0.05) is 18.2 Å². The van der Waals surface area contributed by atoms with Gasteiger partial charge in [0.05, 0.1) is 18.6 Å². The molecule has 0 spiro atoms. The molecular formula is C20H18N2O2. The molecule has 0 bridgehead atoms. The number of benzene rings is 1. The van der Waals surface area contributed by atoms with Crippen molar-refractivity contribution in [3.8, 4) is 28.0 Å². The molecule has 0 atom stereocenters. The molecule has 3 aromatic heterocycles. The summed E-state index contributed by atoms with van der Waals surface area (Å²) in [5.41, 5.74) is 5.04. The summed E-state index contributed by atoms with van der Waals surface area (Å²) in [6.45, 7) is 4.06. The van der Waals surface area contributed by atoms with E-state index in [-0.39, 0.29) is 6.10 Å². The van der Waals surface area contributed by atoms with Gasteiger partial charge < -0.3 is 14.1 Å². The van der Waals surface area contributed by atoms with Gasteiger partial charge in [-0.3, -0.25) is 0 Å². The van der Waals surface area contributed by atoms with E-state index < -0.39 is 0 Å². The highest BCUT2D eigenvalue weighted by atomic mass is 16.5. The van der Waals surface area contributed by atoms with Gasteiger partial charge >= 0.3 is 0 Å². The number of para-hydroxylation sites is 1. The lowest BCUT2D eigenvalue weighted by Crippen LogP contribution is -2.06. The maximum Gasteiger partial charge on any atom is 0.137 e. The topological polar surface area (TPSA) is 51.0 Å². The van der Waals surface area contributed by atoms with Crippen molar-refractivity contribution in [3.05, 3.63) is 61.3 Å². The second kappa shape index (κ2) is 5.89. The zero-order valence-corrected chi connectivity index (χ0v) is 13.6. The van der Waals surface area contributed by atoms with Crippen LogP contribution < -0.4 is 4.74 Å². The fraction of sp³-hybridized carbons (Fsp3) is 0.150. The molecule has 4 heteroatoms. The molecular weight excluding hydrogens is 300 g/mol. The lowest BCUT2D eigenvalue weighted by Gasteiger charge is -2.14. The minimum absolute atomic E-state index is 0.122. The second-order valence-corrected chi connectivity index (χ2v) is 6.00. The summed E-state index contributed by atoms with van der Waals surface area (Å²) < 4.78 is 11.2. The number of aromatic nitrogens is 2. The van der Waals surface area contributed by atoms with E-state index in [1.54, 1.807) is 12.5 Å². The number of furan rings is 1. The Kier molecular flexibility index (Phi) is 3.58. The van der Waals surface area contributed by atoms with Gasteiger partial charge in [-0.2, -0.15) is 0 Å². The number of H-pyrrole nitrogens is 1. The van der Waals surface area contributed by atoms with E-state index in [0.29, 0.717) is 0 Å². The molecule has 0 saturated carbocycles. The SMILES string of the molecule is CC(C)Oc1ccccc1-c1cnc2[nH]cc(-c3ccoc3)c2c1. The van der Waals surface area contributed by atoms with Crippen LogP contribution in [0.1, 0.15) is 13.8 Å². The fourth-order valence-electron chi connectivity index (χ4n) is 2.87. The Morgan fingerprint density at radius 3 is 2.75 bits per heavy atom. The second-order valence-electron chi connectivity index (χ2n) is 6.00. The number of nitrogens with zero attached hydrogens (tertiary/aromatic N) is 1. The van der Waals surface area contributed by atoms with Gasteiger partial charge in [0.1, 0.15) is 11.4 Å². The fourth-order valence-corrected chi connectivity index (χ4v) is 2.87. The molecule has 4 aromatic rings. The first-order valence-electron chi connectivity index (χ1n) is 7.98. The maximum absolute atomic E-state index is 5.95. The van der Waals surface area contributed by atoms with Crippen LogP contribution >= 0.6 is 0 Å². The molecule has 0 aliphatic carbocycles. The van der Waals surface area contributed by atoms with E-state index in [9.17, 15) is 0 Å². The van der Waals surface area contributed by atoms with Crippen LogP contribution in [-0.4, -0.2) is 16.1 Å². The van der Waals surface area contributed by atoms with Gasteiger partial charge in [0.15, 0.2) is 0 Å². The number of hydrogen-bond acceptors (Lipinski definition) is 3. The third-order valence-corrected chi connectivity index (χ3v) is 3.92. The van der Waals surface area contributed by atoms with Gasteiger partial charge in [-0.15, -0.1) is 0 Å². The average molecular weight is 318 g/mol. The molecule has 1 N–H and O–H groups in total. The van der Waals surface area contributed by atoms with Crippen molar-refractivity contribution in [2.75, 3.05) is 0 Å². The van der Waals surface area contributed by atoms with E-state index in [1.807, 2.05) is 50.5 Å². The molecule has 120 valence electrons. The minimum Gasteiger partial charge on any atom is -0.490 e. The molecule has 4 nitrogen and oxygen atoms in total. The van der Waals surface area contributed by atoms with Crippen molar-refractivity contribution in [3.63, 3.8) is 0 Å². The van der Waals surface area contributed by atoms with Gasteiger partial charge in [0, 0.05) is 40.0 Å². The van der Waals surface area contributed by atoms with Crippen LogP contribution in [0.15, 0.2) is 65.7 Å². The van der Waals surface area contributed by atoms with Crippen molar-refractivity contribution in [1.29, 1.82) is 0 Å². The Morgan fingerprint density at radius 1 is 1.08 bits per heavy atom. The Hall–Kier alpha value is -3.01. The standard InChI is InChI=1S/C20H18N2O2/c1-13(2)24-19-6-4-3-5-16(19)15-9-17-18(14-7-8-23-12-14)11-22-20(17)21-10-15/h3-13H,1-2H3,(H,21,22). The molecule has 4 rings (SSSR count). The Labute approximate surface area is 140 Å². The molecule has 0 saturated heterocycles. The van der Waals surface area contributed by atoms with E-state index >= 15 is 0 Å². The molecule has 0 amide bonds. The Morgan fingerprint density at radius 2 is 1.96 bits per heavy atom. The molecule has 0 aliphatic rings. The van der Waals surface area contributed by atoms with Crippen molar-refractivity contribution in [1.82, 2.24) is 9.97 Å². The van der Waals surface area contributed by atoms with Crippen LogP contribution in [0.4, 0.5) is 0 Å². The summed E-state index contributed by atoms with van der Waals surface area (Å²) in [7, 11) is 0. The summed E-state index contributed by atoms with van der Waals surface area (Å²) in [6, 6.07) is 12.1. The molecule has 24 heavy (non-hydrogen) atoms. The first-order valence-corrected chi connectivity index (χ1v) is 7.98. The summed E-state index contributed by atoms with van der Waals surface area (Å²) in [5.74, 6) is 0.869. The van der Waals surface area contributed by atoms with Crippen LogP contribution in [-0.2, 0) is 0 Å². The number of pyridine rings is 1. The Bertz CT molecular complexity index is 968. The van der Waals surface area contributed by atoms with Gasteiger partial charge in [0.2, 0.25) is 0 Å². The molecule has 0 aliphatic heterocycles.